The van der Waals surface area contributed by atoms with Gasteiger partial charge in [0, 0.05) is 21.5 Å². The monoisotopic (exact) mass is 573 g/mol. The third-order valence-corrected chi connectivity index (χ3v) is 9.44. The summed E-state index contributed by atoms with van der Waals surface area (Å²) in [7, 11) is 0. The van der Waals surface area contributed by atoms with Crippen LogP contribution in [0.5, 0.6) is 0 Å². The summed E-state index contributed by atoms with van der Waals surface area (Å²) in [5.41, 5.74) is 11.2. The van der Waals surface area contributed by atoms with Crippen LogP contribution in [0.4, 0.5) is 0 Å². The Balaban J connectivity index is 1.51. The molecule has 0 unspecified atom stereocenters. The van der Waals surface area contributed by atoms with E-state index in [9.17, 15) is 0 Å². The van der Waals surface area contributed by atoms with E-state index in [1.165, 1.54) is 93.2 Å². The predicted molar refractivity (Wildman–Crippen MR) is 194 cm³/mol. The van der Waals surface area contributed by atoms with Crippen molar-refractivity contribution in [1.29, 1.82) is 0 Å². The molecule has 0 aliphatic rings. The third kappa shape index (κ3) is 3.94. The van der Waals surface area contributed by atoms with Gasteiger partial charge in [-0.2, -0.15) is 0 Å². The molecular formula is C44H31N. The Morgan fingerprint density at radius 2 is 0.911 bits per heavy atom. The molecule has 0 N–H and O–H groups in total. The van der Waals surface area contributed by atoms with Gasteiger partial charge in [0.1, 0.15) is 0 Å². The molecule has 0 saturated heterocycles. The van der Waals surface area contributed by atoms with Crippen LogP contribution in [0.2, 0.25) is 0 Å². The molecule has 9 rings (SSSR count). The van der Waals surface area contributed by atoms with Gasteiger partial charge in [-0.05, 0) is 88.0 Å². The van der Waals surface area contributed by atoms with Gasteiger partial charge in [0.05, 0.1) is 16.7 Å². The van der Waals surface area contributed by atoms with Gasteiger partial charge in [-0.25, -0.2) is 0 Å². The largest absolute Gasteiger partial charge is 0.308 e. The maximum Gasteiger partial charge on any atom is 0.0619 e. The van der Waals surface area contributed by atoms with Crippen LogP contribution in [-0.2, 0) is 0 Å². The van der Waals surface area contributed by atoms with E-state index in [-0.39, 0.29) is 0 Å². The number of aromatic nitrogens is 1. The van der Waals surface area contributed by atoms with Crippen molar-refractivity contribution in [2.75, 3.05) is 0 Å². The molecule has 0 aliphatic carbocycles. The molecule has 0 amide bonds. The van der Waals surface area contributed by atoms with Crippen LogP contribution in [0.1, 0.15) is 11.1 Å². The Hall–Kier alpha value is -5.66. The Morgan fingerprint density at radius 1 is 0.378 bits per heavy atom. The molecule has 0 spiro atoms. The zero-order valence-corrected chi connectivity index (χ0v) is 25.4. The average molecular weight is 574 g/mol. The zero-order chi connectivity index (χ0) is 30.1. The van der Waals surface area contributed by atoms with Crippen molar-refractivity contribution in [3.05, 3.63) is 163 Å². The normalized spacial score (nSPS) is 11.8. The topological polar surface area (TPSA) is 4.93 Å². The van der Waals surface area contributed by atoms with Crippen LogP contribution in [0.15, 0.2) is 152 Å². The SMILES string of the molecule is Cc1ccc2c(-n3c4ccccc4c4ccccc43)c3cc(C)ccc3c(-c3cc4ccccc4cc3-c3ccccc3)c2c1. The first kappa shape index (κ1) is 25.8. The zero-order valence-electron chi connectivity index (χ0n) is 25.4. The summed E-state index contributed by atoms with van der Waals surface area (Å²) in [5, 5.41) is 10.1. The van der Waals surface area contributed by atoms with Gasteiger partial charge in [0.25, 0.3) is 0 Å². The van der Waals surface area contributed by atoms with E-state index in [1.54, 1.807) is 0 Å². The Kier molecular flexibility index (Phi) is 5.70. The number of fused-ring (bicyclic) bond motifs is 6. The molecule has 1 aromatic heterocycles. The minimum Gasteiger partial charge on any atom is -0.308 e. The Morgan fingerprint density at radius 3 is 1.58 bits per heavy atom. The molecule has 1 heteroatoms. The highest BCUT2D eigenvalue weighted by atomic mass is 15.0. The summed E-state index contributed by atoms with van der Waals surface area (Å²) in [6.07, 6.45) is 0. The van der Waals surface area contributed by atoms with Crippen molar-refractivity contribution >= 4 is 54.1 Å². The van der Waals surface area contributed by atoms with Crippen molar-refractivity contribution in [3.8, 4) is 27.9 Å². The molecule has 9 aromatic rings. The van der Waals surface area contributed by atoms with Crippen molar-refractivity contribution < 1.29 is 0 Å². The predicted octanol–water partition coefficient (Wildman–Crippen LogP) is 12.2. The highest BCUT2D eigenvalue weighted by Crippen LogP contribution is 2.47. The smallest absolute Gasteiger partial charge is 0.0619 e. The molecule has 0 atom stereocenters. The molecule has 0 saturated carbocycles. The summed E-state index contributed by atoms with van der Waals surface area (Å²) < 4.78 is 2.51. The van der Waals surface area contributed by atoms with E-state index >= 15 is 0 Å². The average Bonchev–Trinajstić information content (AvgIpc) is 3.41. The summed E-state index contributed by atoms with van der Waals surface area (Å²) in [6, 6.07) is 56.1. The second kappa shape index (κ2) is 9.94. The number of benzene rings is 8. The first-order valence-corrected chi connectivity index (χ1v) is 15.7. The number of para-hydroxylation sites is 2. The number of aryl methyl sites for hydroxylation is 2. The van der Waals surface area contributed by atoms with Gasteiger partial charge in [-0.1, -0.05) is 132 Å². The molecule has 45 heavy (non-hydrogen) atoms. The molecule has 0 radical (unpaired) electrons. The van der Waals surface area contributed by atoms with Crippen LogP contribution in [0.3, 0.4) is 0 Å². The molecule has 1 nitrogen and oxygen atoms in total. The Labute approximate surface area is 262 Å². The van der Waals surface area contributed by atoms with Crippen molar-refractivity contribution in [2.24, 2.45) is 0 Å². The minimum atomic E-state index is 1.23. The summed E-state index contributed by atoms with van der Waals surface area (Å²) >= 11 is 0. The maximum atomic E-state index is 2.51. The van der Waals surface area contributed by atoms with E-state index in [0.717, 1.165) is 0 Å². The van der Waals surface area contributed by atoms with E-state index in [2.05, 4.69) is 170 Å². The molecule has 1 heterocycles. The number of nitrogens with zero attached hydrogens (tertiary/aromatic N) is 1. The molecule has 8 aromatic carbocycles. The highest BCUT2D eigenvalue weighted by molar-refractivity contribution is 6.22. The fourth-order valence-corrected chi connectivity index (χ4v) is 7.43. The number of rotatable bonds is 3. The van der Waals surface area contributed by atoms with Gasteiger partial charge in [-0.3, -0.25) is 0 Å². The second-order valence-electron chi connectivity index (χ2n) is 12.3. The molecule has 0 bridgehead atoms. The standard InChI is InChI=1S/C44H31N/c1-28-21-23-36-38(24-28)43(39-27-32-15-7-6-14-31(32)26-37(39)30-12-4-3-5-13-30)35-22-20-29(2)25-40(35)44(36)45-41-18-10-8-16-33(41)34-17-9-11-19-42(34)45/h3-27H,1-2H3. The second-order valence-corrected chi connectivity index (χ2v) is 12.3. The molecule has 0 fully saturated rings. The van der Waals surface area contributed by atoms with Crippen LogP contribution in [-0.4, -0.2) is 4.57 Å². The van der Waals surface area contributed by atoms with Crippen molar-refractivity contribution in [1.82, 2.24) is 4.57 Å². The third-order valence-electron chi connectivity index (χ3n) is 9.44. The highest BCUT2D eigenvalue weighted by Gasteiger charge is 2.22. The summed E-state index contributed by atoms with van der Waals surface area (Å²) in [6.45, 7) is 4.42. The lowest BCUT2D eigenvalue weighted by Gasteiger charge is -2.22. The Bertz CT molecular complexity index is 2550. The van der Waals surface area contributed by atoms with Gasteiger partial charge in [0.15, 0.2) is 0 Å². The molecule has 0 aliphatic heterocycles. The number of hydrogen-bond donors (Lipinski definition) is 0. The summed E-state index contributed by atoms with van der Waals surface area (Å²) in [4.78, 5) is 0. The maximum absolute atomic E-state index is 2.51. The van der Waals surface area contributed by atoms with Crippen LogP contribution >= 0.6 is 0 Å². The van der Waals surface area contributed by atoms with Gasteiger partial charge < -0.3 is 4.57 Å². The lowest BCUT2D eigenvalue weighted by Crippen LogP contribution is -2.00. The van der Waals surface area contributed by atoms with Crippen LogP contribution in [0.25, 0.3) is 82.1 Å². The lowest BCUT2D eigenvalue weighted by molar-refractivity contribution is 1.21. The van der Waals surface area contributed by atoms with Gasteiger partial charge in [0.2, 0.25) is 0 Å². The quantitative estimate of drug-likeness (QED) is 0.185. The van der Waals surface area contributed by atoms with E-state index in [4.69, 9.17) is 0 Å². The van der Waals surface area contributed by atoms with Crippen LogP contribution in [0, 0.1) is 13.8 Å². The fraction of sp³-hybridized carbons (Fsp3) is 0.0455. The molecular weight excluding hydrogens is 542 g/mol. The first-order valence-electron chi connectivity index (χ1n) is 15.7. The van der Waals surface area contributed by atoms with Crippen molar-refractivity contribution in [2.45, 2.75) is 13.8 Å². The van der Waals surface area contributed by atoms with E-state index in [1.807, 2.05) is 0 Å². The fourth-order valence-electron chi connectivity index (χ4n) is 7.43. The first-order chi connectivity index (χ1) is 22.2. The summed E-state index contributed by atoms with van der Waals surface area (Å²) in [5.74, 6) is 0. The van der Waals surface area contributed by atoms with E-state index < -0.39 is 0 Å². The van der Waals surface area contributed by atoms with E-state index in [0.29, 0.717) is 0 Å². The number of hydrogen-bond acceptors (Lipinski definition) is 0. The minimum absolute atomic E-state index is 1.23. The molecule has 212 valence electrons. The van der Waals surface area contributed by atoms with Gasteiger partial charge in [-0.15, -0.1) is 0 Å². The lowest BCUT2D eigenvalue weighted by atomic mass is 9.84. The van der Waals surface area contributed by atoms with Gasteiger partial charge >= 0.3 is 0 Å². The van der Waals surface area contributed by atoms with Crippen LogP contribution < -0.4 is 0 Å². The van der Waals surface area contributed by atoms with Crippen molar-refractivity contribution in [3.63, 3.8) is 0 Å².